The summed E-state index contributed by atoms with van der Waals surface area (Å²) in [6.07, 6.45) is 0. The number of nitrogens with zero attached hydrogens (tertiary/aromatic N) is 2. The molecule has 0 aliphatic heterocycles. The Balaban J connectivity index is 2.81. The van der Waals surface area contributed by atoms with Crippen molar-refractivity contribution in [3.8, 4) is 0 Å². The quantitative estimate of drug-likeness (QED) is 0.776. The number of imidazole rings is 1. The zero-order chi connectivity index (χ0) is 11.2. The summed E-state index contributed by atoms with van der Waals surface area (Å²) in [6, 6.07) is 4.91. The smallest absolute Gasteiger partial charge is 0.151 e. The molecular formula is C11H14FN3. The Hall–Kier alpha value is -1.42. The van der Waals surface area contributed by atoms with Crippen LogP contribution in [0.5, 0.6) is 0 Å². The van der Waals surface area contributed by atoms with Gasteiger partial charge in [0.1, 0.15) is 11.3 Å². The number of halogens is 1. The molecule has 4 heteroatoms. The number of aromatic nitrogens is 2. The van der Waals surface area contributed by atoms with Gasteiger partial charge in [-0.3, -0.25) is 0 Å². The Morgan fingerprint density at radius 1 is 1.40 bits per heavy atom. The molecule has 0 saturated heterocycles. The first-order chi connectivity index (χ1) is 6.91. The number of para-hydroxylation sites is 1. The molecule has 1 aromatic carbocycles. The van der Waals surface area contributed by atoms with E-state index >= 15 is 0 Å². The van der Waals surface area contributed by atoms with Gasteiger partial charge in [-0.15, -0.1) is 0 Å². The van der Waals surface area contributed by atoms with Crippen molar-refractivity contribution in [3.05, 3.63) is 29.8 Å². The van der Waals surface area contributed by atoms with Gasteiger partial charge in [-0.1, -0.05) is 6.07 Å². The van der Waals surface area contributed by atoms with Crippen molar-refractivity contribution in [2.75, 3.05) is 0 Å². The number of aryl methyl sites for hydroxylation is 1. The first kappa shape index (κ1) is 10.1. The van der Waals surface area contributed by atoms with Crippen molar-refractivity contribution in [2.45, 2.75) is 19.4 Å². The molecule has 0 saturated carbocycles. The second-order valence-corrected chi connectivity index (χ2v) is 4.32. The van der Waals surface area contributed by atoms with E-state index in [9.17, 15) is 4.39 Å². The standard InChI is InChI=1S/C11H14FN3/c1-11(2,13)10-14-9-7(12)5-4-6-8(9)15(10)3/h4-6H,13H2,1-3H3. The molecule has 0 atom stereocenters. The maximum Gasteiger partial charge on any atom is 0.151 e. The van der Waals surface area contributed by atoms with Crippen LogP contribution < -0.4 is 5.73 Å². The van der Waals surface area contributed by atoms with Gasteiger partial charge >= 0.3 is 0 Å². The minimum atomic E-state index is -0.569. The Morgan fingerprint density at radius 2 is 2.07 bits per heavy atom. The Bertz CT molecular complexity index is 508. The lowest BCUT2D eigenvalue weighted by Gasteiger charge is -2.17. The van der Waals surface area contributed by atoms with Crippen molar-refractivity contribution in [1.29, 1.82) is 0 Å². The zero-order valence-electron chi connectivity index (χ0n) is 9.08. The molecule has 0 bridgehead atoms. The first-order valence-corrected chi connectivity index (χ1v) is 4.81. The van der Waals surface area contributed by atoms with Crippen LogP contribution in [0.2, 0.25) is 0 Å². The Morgan fingerprint density at radius 3 is 2.60 bits per heavy atom. The molecule has 2 N–H and O–H groups in total. The van der Waals surface area contributed by atoms with Crippen molar-refractivity contribution in [3.63, 3.8) is 0 Å². The monoisotopic (exact) mass is 207 g/mol. The van der Waals surface area contributed by atoms with E-state index in [1.165, 1.54) is 6.07 Å². The van der Waals surface area contributed by atoms with E-state index in [4.69, 9.17) is 5.73 Å². The lowest BCUT2D eigenvalue weighted by molar-refractivity contribution is 0.497. The number of benzene rings is 1. The molecule has 2 aromatic rings. The van der Waals surface area contributed by atoms with Crippen LogP contribution >= 0.6 is 0 Å². The summed E-state index contributed by atoms with van der Waals surface area (Å²) in [4.78, 5) is 4.25. The molecule has 0 spiro atoms. The molecule has 1 heterocycles. The largest absolute Gasteiger partial charge is 0.329 e. The second-order valence-electron chi connectivity index (χ2n) is 4.32. The van der Waals surface area contributed by atoms with Gasteiger partial charge in [0, 0.05) is 7.05 Å². The molecule has 1 aromatic heterocycles. The molecule has 3 nitrogen and oxygen atoms in total. The molecule has 0 amide bonds. The third kappa shape index (κ3) is 1.51. The molecule has 80 valence electrons. The average molecular weight is 207 g/mol. The van der Waals surface area contributed by atoms with Crippen molar-refractivity contribution < 1.29 is 4.39 Å². The maximum atomic E-state index is 13.5. The molecular weight excluding hydrogens is 193 g/mol. The van der Waals surface area contributed by atoms with Gasteiger partial charge in [0.25, 0.3) is 0 Å². The highest BCUT2D eigenvalue weighted by atomic mass is 19.1. The summed E-state index contributed by atoms with van der Waals surface area (Å²) in [6.45, 7) is 3.71. The molecule has 0 unspecified atom stereocenters. The topological polar surface area (TPSA) is 43.8 Å². The summed E-state index contributed by atoms with van der Waals surface area (Å²) in [5.74, 6) is 0.376. The minimum absolute atomic E-state index is 0.307. The first-order valence-electron chi connectivity index (χ1n) is 4.81. The van der Waals surface area contributed by atoms with Crippen LogP contribution in [0.25, 0.3) is 11.0 Å². The van der Waals surface area contributed by atoms with E-state index < -0.39 is 5.54 Å². The lowest BCUT2D eigenvalue weighted by atomic mass is 10.1. The van der Waals surface area contributed by atoms with Crippen LogP contribution in [0, 0.1) is 5.82 Å². The summed E-state index contributed by atoms with van der Waals surface area (Å²) in [5.41, 5.74) is 6.55. The number of fused-ring (bicyclic) bond motifs is 1. The highest BCUT2D eigenvalue weighted by Gasteiger charge is 2.22. The molecule has 0 aliphatic rings. The summed E-state index contributed by atoms with van der Waals surface area (Å²) < 4.78 is 15.3. The molecule has 0 fully saturated rings. The van der Waals surface area contributed by atoms with Gasteiger partial charge in [0.05, 0.1) is 11.1 Å². The summed E-state index contributed by atoms with van der Waals surface area (Å²) >= 11 is 0. The zero-order valence-corrected chi connectivity index (χ0v) is 9.08. The van der Waals surface area contributed by atoms with Gasteiger partial charge < -0.3 is 10.3 Å². The number of nitrogens with two attached hydrogens (primary N) is 1. The van der Waals surface area contributed by atoms with Gasteiger partial charge in [-0.05, 0) is 26.0 Å². The van der Waals surface area contributed by atoms with Gasteiger partial charge in [0.15, 0.2) is 5.82 Å². The van der Waals surface area contributed by atoms with Crippen molar-refractivity contribution in [2.24, 2.45) is 12.8 Å². The minimum Gasteiger partial charge on any atom is -0.329 e. The summed E-state index contributed by atoms with van der Waals surface area (Å²) in [7, 11) is 1.85. The van der Waals surface area contributed by atoms with E-state index in [0.29, 0.717) is 11.3 Å². The van der Waals surface area contributed by atoms with E-state index in [2.05, 4.69) is 4.98 Å². The van der Waals surface area contributed by atoms with Crippen molar-refractivity contribution >= 4 is 11.0 Å². The Kier molecular flexibility index (Phi) is 2.04. The predicted molar refractivity (Wildman–Crippen MR) is 57.9 cm³/mol. The predicted octanol–water partition coefficient (Wildman–Crippen LogP) is 1.91. The maximum absolute atomic E-state index is 13.5. The molecule has 15 heavy (non-hydrogen) atoms. The van der Waals surface area contributed by atoms with Gasteiger partial charge in [-0.25, -0.2) is 9.37 Å². The third-order valence-corrected chi connectivity index (χ3v) is 2.44. The fourth-order valence-corrected chi connectivity index (χ4v) is 1.76. The van der Waals surface area contributed by atoms with Crippen LogP contribution in [0.4, 0.5) is 4.39 Å². The summed E-state index contributed by atoms with van der Waals surface area (Å²) in [5, 5.41) is 0. The van der Waals surface area contributed by atoms with E-state index in [1.54, 1.807) is 6.07 Å². The van der Waals surface area contributed by atoms with E-state index in [1.807, 2.05) is 31.5 Å². The number of hydrogen-bond acceptors (Lipinski definition) is 2. The highest BCUT2D eigenvalue weighted by Crippen LogP contribution is 2.23. The molecule has 0 aliphatic carbocycles. The van der Waals surface area contributed by atoms with E-state index in [-0.39, 0.29) is 5.82 Å². The average Bonchev–Trinajstić information content (AvgIpc) is 2.45. The normalized spacial score (nSPS) is 12.3. The van der Waals surface area contributed by atoms with Crippen molar-refractivity contribution in [1.82, 2.24) is 9.55 Å². The van der Waals surface area contributed by atoms with Crippen LogP contribution in [0.1, 0.15) is 19.7 Å². The third-order valence-electron chi connectivity index (χ3n) is 2.44. The number of rotatable bonds is 1. The van der Waals surface area contributed by atoms with Gasteiger partial charge in [0.2, 0.25) is 0 Å². The SMILES string of the molecule is Cn1c(C(C)(C)N)nc2c(F)cccc21. The van der Waals surface area contributed by atoms with Crippen LogP contribution in [-0.4, -0.2) is 9.55 Å². The van der Waals surface area contributed by atoms with Crippen LogP contribution in [0.15, 0.2) is 18.2 Å². The van der Waals surface area contributed by atoms with Gasteiger partial charge in [-0.2, -0.15) is 0 Å². The number of hydrogen-bond donors (Lipinski definition) is 1. The fourth-order valence-electron chi connectivity index (χ4n) is 1.76. The molecule has 0 radical (unpaired) electrons. The molecule has 2 rings (SSSR count). The second kappa shape index (κ2) is 3.03. The fraction of sp³-hybridized carbons (Fsp3) is 0.364. The van der Waals surface area contributed by atoms with Crippen LogP contribution in [-0.2, 0) is 12.6 Å². The van der Waals surface area contributed by atoms with E-state index in [0.717, 1.165) is 5.52 Å². The van der Waals surface area contributed by atoms with Crippen LogP contribution in [0.3, 0.4) is 0 Å². The lowest BCUT2D eigenvalue weighted by Crippen LogP contribution is -2.32. The Labute approximate surface area is 87.7 Å². The highest BCUT2D eigenvalue weighted by molar-refractivity contribution is 5.76.